The van der Waals surface area contributed by atoms with Crippen molar-refractivity contribution >= 4 is 41.5 Å². The molecule has 1 unspecified atom stereocenters. The molecule has 0 spiro atoms. The second-order valence-corrected chi connectivity index (χ2v) is 7.66. The number of benzene rings is 2. The Labute approximate surface area is 208 Å². The fraction of sp³-hybridized carbons (Fsp3) is 0.417. The number of halogens is 1. The van der Waals surface area contributed by atoms with Crippen LogP contribution in [0.25, 0.3) is 0 Å². The number of aryl methyl sites for hydroxylation is 1. The smallest absolute Gasteiger partial charge is 0.251 e. The maximum absolute atomic E-state index is 12.3. The zero-order valence-corrected chi connectivity index (χ0v) is 21.4. The maximum atomic E-state index is 12.3. The van der Waals surface area contributed by atoms with Crippen molar-refractivity contribution in [2.75, 3.05) is 44.7 Å². The van der Waals surface area contributed by atoms with Crippen molar-refractivity contribution in [1.82, 2.24) is 16.0 Å². The van der Waals surface area contributed by atoms with Crippen LogP contribution in [0.2, 0.25) is 0 Å². The van der Waals surface area contributed by atoms with Gasteiger partial charge < -0.3 is 25.6 Å². The molecule has 1 aliphatic rings. The van der Waals surface area contributed by atoms with Crippen LogP contribution in [0.15, 0.2) is 53.5 Å². The summed E-state index contributed by atoms with van der Waals surface area (Å²) in [6, 6.07) is 16.1. The Kier molecular flexibility index (Phi) is 10.6. The average molecular weight is 551 g/mol. The molecule has 2 aromatic rings. The SMILES string of the molecule is CCNC(=NCCNC(=O)c1cccc(OC)c1)NC1CCN(c2ccc(C)cc2)C1.I. The molecule has 7 nitrogen and oxygen atoms in total. The molecule has 1 atom stereocenters. The average Bonchev–Trinajstić information content (AvgIpc) is 3.25. The highest BCUT2D eigenvalue weighted by Crippen LogP contribution is 2.20. The van der Waals surface area contributed by atoms with E-state index in [0.717, 1.165) is 32.0 Å². The molecule has 0 bridgehead atoms. The Balaban J connectivity index is 0.00000363. The molecule has 32 heavy (non-hydrogen) atoms. The number of aliphatic imine (C=N–C) groups is 1. The molecule has 8 heteroatoms. The van der Waals surface area contributed by atoms with Gasteiger partial charge in [-0.25, -0.2) is 0 Å². The van der Waals surface area contributed by atoms with Crippen LogP contribution in [-0.2, 0) is 0 Å². The topological polar surface area (TPSA) is 78.0 Å². The molecule has 174 valence electrons. The van der Waals surface area contributed by atoms with Crippen LogP contribution in [0, 0.1) is 6.92 Å². The molecule has 1 amide bonds. The Bertz CT molecular complexity index is 888. The number of ether oxygens (including phenoxy) is 1. The number of hydrogen-bond donors (Lipinski definition) is 3. The van der Waals surface area contributed by atoms with Crippen LogP contribution < -0.4 is 25.6 Å². The molecule has 3 N–H and O–H groups in total. The number of nitrogens with one attached hydrogen (secondary N) is 3. The first-order chi connectivity index (χ1) is 15.1. The van der Waals surface area contributed by atoms with E-state index in [1.165, 1.54) is 11.3 Å². The van der Waals surface area contributed by atoms with Crippen molar-refractivity contribution < 1.29 is 9.53 Å². The van der Waals surface area contributed by atoms with Gasteiger partial charge >= 0.3 is 0 Å². The third-order valence-electron chi connectivity index (χ3n) is 5.27. The normalized spacial score (nSPS) is 15.7. The molecule has 3 rings (SSSR count). The van der Waals surface area contributed by atoms with E-state index in [1.807, 2.05) is 6.07 Å². The maximum Gasteiger partial charge on any atom is 0.251 e. The minimum Gasteiger partial charge on any atom is -0.497 e. The van der Waals surface area contributed by atoms with Crippen molar-refractivity contribution in [3.8, 4) is 5.75 Å². The Morgan fingerprint density at radius 3 is 2.69 bits per heavy atom. The summed E-state index contributed by atoms with van der Waals surface area (Å²) in [7, 11) is 1.59. The molecule has 1 heterocycles. The van der Waals surface area contributed by atoms with E-state index < -0.39 is 0 Å². The molecular formula is C24H34IN5O2. The number of guanidine groups is 1. The molecular weight excluding hydrogens is 517 g/mol. The predicted octanol–water partition coefficient (Wildman–Crippen LogP) is 3.19. The summed E-state index contributed by atoms with van der Waals surface area (Å²) in [5.74, 6) is 1.33. The van der Waals surface area contributed by atoms with Gasteiger partial charge in [0, 0.05) is 43.5 Å². The van der Waals surface area contributed by atoms with Crippen LogP contribution in [-0.4, -0.2) is 57.7 Å². The third-order valence-corrected chi connectivity index (χ3v) is 5.27. The number of methoxy groups -OCH3 is 1. The number of carbonyl (C=O) groups excluding carboxylic acids is 1. The van der Waals surface area contributed by atoms with Gasteiger partial charge in [0.25, 0.3) is 5.91 Å². The lowest BCUT2D eigenvalue weighted by atomic mass is 10.2. The van der Waals surface area contributed by atoms with Crippen molar-refractivity contribution in [2.24, 2.45) is 4.99 Å². The fourth-order valence-corrected chi connectivity index (χ4v) is 3.59. The Morgan fingerprint density at radius 1 is 1.19 bits per heavy atom. The summed E-state index contributed by atoms with van der Waals surface area (Å²) < 4.78 is 5.17. The summed E-state index contributed by atoms with van der Waals surface area (Å²) >= 11 is 0. The van der Waals surface area contributed by atoms with E-state index in [9.17, 15) is 4.79 Å². The van der Waals surface area contributed by atoms with E-state index in [4.69, 9.17) is 4.74 Å². The summed E-state index contributed by atoms with van der Waals surface area (Å²) in [5.41, 5.74) is 3.12. The van der Waals surface area contributed by atoms with Gasteiger partial charge in [-0.2, -0.15) is 0 Å². The Hall–Kier alpha value is -2.49. The summed E-state index contributed by atoms with van der Waals surface area (Å²) in [6.07, 6.45) is 1.06. The molecule has 0 radical (unpaired) electrons. The van der Waals surface area contributed by atoms with Gasteiger partial charge in [-0.1, -0.05) is 23.8 Å². The highest BCUT2D eigenvalue weighted by atomic mass is 127. The van der Waals surface area contributed by atoms with Crippen LogP contribution in [0.1, 0.15) is 29.3 Å². The van der Waals surface area contributed by atoms with Gasteiger partial charge in [0.15, 0.2) is 5.96 Å². The molecule has 0 saturated carbocycles. The molecule has 1 aliphatic heterocycles. The quantitative estimate of drug-likeness (QED) is 0.203. The van der Waals surface area contributed by atoms with E-state index in [-0.39, 0.29) is 29.9 Å². The van der Waals surface area contributed by atoms with Crippen molar-refractivity contribution in [3.63, 3.8) is 0 Å². The lowest BCUT2D eigenvalue weighted by Gasteiger charge is -2.20. The first-order valence-corrected chi connectivity index (χ1v) is 10.9. The molecule has 1 fully saturated rings. The largest absolute Gasteiger partial charge is 0.497 e. The summed E-state index contributed by atoms with van der Waals surface area (Å²) in [5, 5.41) is 9.74. The van der Waals surface area contributed by atoms with Crippen LogP contribution in [0.3, 0.4) is 0 Å². The van der Waals surface area contributed by atoms with Crippen molar-refractivity contribution in [3.05, 3.63) is 59.7 Å². The number of amides is 1. The lowest BCUT2D eigenvalue weighted by molar-refractivity contribution is 0.0954. The molecule has 0 aliphatic carbocycles. The van der Waals surface area contributed by atoms with Gasteiger partial charge in [0.05, 0.1) is 13.7 Å². The van der Waals surface area contributed by atoms with Crippen LogP contribution in [0.4, 0.5) is 5.69 Å². The number of hydrogen-bond acceptors (Lipinski definition) is 4. The summed E-state index contributed by atoms with van der Waals surface area (Å²) in [6.45, 7) is 7.88. The first kappa shape index (κ1) is 25.8. The molecule has 2 aromatic carbocycles. The van der Waals surface area contributed by atoms with Gasteiger partial charge in [-0.3, -0.25) is 9.79 Å². The minimum absolute atomic E-state index is 0. The number of rotatable bonds is 8. The van der Waals surface area contributed by atoms with E-state index in [0.29, 0.717) is 30.4 Å². The standard InChI is InChI=1S/C24H33N5O2.HI/c1-4-25-24(27-14-13-26-23(30)19-6-5-7-22(16-19)31-3)28-20-12-15-29(17-20)21-10-8-18(2)9-11-21;/h5-11,16,20H,4,12-15,17H2,1-3H3,(H,26,30)(H2,25,27,28);1H. The molecule has 1 saturated heterocycles. The van der Waals surface area contributed by atoms with E-state index in [1.54, 1.807) is 25.3 Å². The monoisotopic (exact) mass is 551 g/mol. The number of carbonyl (C=O) groups is 1. The minimum atomic E-state index is -0.128. The van der Waals surface area contributed by atoms with E-state index in [2.05, 4.69) is 64.0 Å². The number of nitrogens with zero attached hydrogens (tertiary/aromatic N) is 2. The Morgan fingerprint density at radius 2 is 1.97 bits per heavy atom. The number of anilines is 1. The van der Waals surface area contributed by atoms with E-state index >= 15 is 0 Å². The van der Waals surface area contributed by atoms with Crippen molar-refractivity contribution in [1.29, 1.82) is 0 Å². The zero-order valence-electron chi connectivity index (χ0n) is 19.1. The summed E-state index contributed by atoms with van der Waals surface area (Å²) in [4.78, 5) is 19.3. The molecule has 0 aromatic heterocycles. The first-order valence-electron chi connectivity index (χ1n) is 10.9. The zero-order chi connectivity index (χ0) is 22.1. The van der Waals surface area contributed by atoms with Crippen LogP contribution in [0.5, 0.6) is 5.75 Å². The second kappa shape index (κ2) is 13.1. The van der Waals surface area contributed by atoms with Gasteiger partial charge in [-0.05, 0) is 50.6 Å². The van der Waals surface area contributed by atoms with Gasteiger partial charge in [0.1, 0.15) is 5.75 Å². The second-order valence-electron chi connectivity index (χ2n) is 7.66. The predicted molar refractivity (Wildman–Crippen MR) is 142 cm³/mol. The highest BCUT2D eigenvalue weighted by molar-refractivity contribution is 14.0. The van der Waals surface area contributed by atoms with Gasteiger partial charge in [-0.15, -0.1) is 24.0 Å². The van der Waals surface area contributed by atoms with Crippen molar-refractivity contribution in [2.45, 2.75) is 26.3 Å². The fourth-order valence-electron chi connectivity index (χ4n) is 3.59. The van der Waals surface area contributed by atoms with Crippen LogP contribution >= 0.6 is 24.0 Å². The highest BCUT2D eigenvalue weighted by Gasteiger charge is 2.23. The lowest BCUT2D eigenvalue weighted by Crippen LogP contribution is -2.45. The van der Waals surface area contributed by atoms with Gasteiger partial charge in [0.2, 0.25) is 0 Å². The third kappa shape index (κ3) is 7.58.